The van der Waals surface area contributed by atoms with Gasteiger partial charge in [0.05, 0.1) is 12.7 Å². The molecule has 0 saturated carbocycles. The Kier molecular flexibility index (Phi) is 6.40. The van der Waals surface area contributed by atoms with E-state index in [0.717, 1.165) is 9.13 Å². The lowest BCUT2D eigenvalue weighted by Crippen LogP contribution is -2.34. The van der Waals surface area contributed by atoms with Crippen molar-refractivity contribution in [1.29, 1.82) is 0 Å². The molecule has 0 aliphatic rings. The molecule has 4 aromatic rings. The number of hydrogen-bond acceptors (Lipinski definition) is 5. The van der Waals surface area contributed by atoms with E-state index in [1.165, 1.54) is 13.2 Å². The van der Waals surface area contributed by atoms with Gasteiger partial charge in [-0.1, -0.05) is 17.7 Å². The summed E-state index contributed by atoms with van der Waals surface area (Å²) in [7, 11) is 1.48. The number of ether oxygens (including phenoxy) is 1. The molecule has 0 atom stereocenters. The number of carbonyl (C=O) groups excluding carboxylic acids is 1. The number of thiocarbonyl (C=S) groups is 1. The van der Waals surface area contributed by atoms with Gasteiger partial charge in [0, 0.05) is 19.8 Å². The summed E-state index contributed by atoms with van der Waals surface area (Å²) in [6.45, 7) is 0. The molecule has 31 heavy (non-hydrogen) atoms. The number of aromatic nitrogens is 1. The summed E-state index contributed by atoms with van der Waals surface area (Å²) in [5, 5.41) is 6.17. The smallest absolute Gasteiger partial charge is 0.261 e. The van der Waals surface area contributed by atoms with E-state index in [1.54, 1.807) is 30.3 Å². The van der Waals surface area contributed by atoms with Crippen molar-refractivity contribution in [2.24, 2.45) is 0 Å². The molecule has 9 heteroatoms. The summed E-state index contributed by atoms with van der Waals surface area (Å²) in [6.07, 6.45) is 0. The van der Waals surface area contributed by atoms with Crippen LogP contribution in [0.15, 0.2) is 65.1 Å². The molecule has 0 aliphatic carbocycles. The van der Waals surface area contributed by atoms with Crippen LogP contribution in [-0.2, 0) is 0 Å². The summed E-state index contributed by atoms with van der Waals surface area (Å²) in [5.74, 6) is 0.506. The Bertz CT molecular complexity index is 1310. The van der Waals surface area contributed by atoms with Crippen LogP contribution in [0.4, 0.5) is 5.69 Å². The van der Waals surface area contributed by atoms with Crippen molar-refractivity contribution < 1.29 is 13.9 Å². The first-order valence-electron chi connectivity index (χ1n) is 9.05. The third kappa shape index (κ3) is 4.97. The average Bonchev–Trinajstić information content (AvgIpc) is 3.17. The third-order valence-electron chi connectivity index (χ3n) is 4.35. The largest absolute Gasteiger partial charge is 0.496 e. The number of nitrogens with zero attached hydrogens (tertiary/aromatic N) is 1. The second kappa shape index (κ2) is 9.21. The zero-order valence-corrected chi connectivity index (χ0v) is 19.8. The lowest BCUT2D eigenvalue weighted by molar-refractivity contribution is 0.0975. The summed E-state index contributed by atoms with van der Waals surface area (Å²) in [4.78, 5) is 17.1. The summed E-state index contributed by atoms with van der Waals surface area (Å²) >= 11 is 13.5. The van der Waals surface area contributed by atoms with Gasteiger partial charge in [0.25, 0.3) is 5.91 Å². The van der Waals surface area contributed by atoms with Gasteiger partial charge in [0.15, 0.2) is 10.7 Å². The number of amides is 1. The summed E-state index contributed by atoms with van der Waals surface area (Å²) in [5.41, 5.74) is 3.17. The van der Waals surface area contributed by atoms with E-state index in [4.69, 9.17) is 33.0 Å². The SMILES string of the molecule is COc1ccc(Cl)cc1C(=O)NC(=S)Nc1ccc2oc(-c3cccc(I)c3)nc2c1. The van der Waals surface area contributed by atoms with Crippen LogP contribution in [0.2, 0.25) is 5.02 Å². The number of hydrogen-bond donors (Lipinski definition) is 2. The molecular weight excluding hydrogens is 549 g/mol. The molecule has 0 radical (unpaired) electrons. The first-order valence-corrected chi connectivity index (χ1v) is 10.9. The predicted molar refractivity (Wildman–Crippen MR) is 134 cm³/mol. The maximum atomic E-state index is 12.6. The van der Waals surface area contributed by atoms with Crippen molar-refractivity contribution in [1.82, 2.24) is 10.3 Å². The first-order chi connectivity index (χ1) is 14.9. The maximum absolute atomic E-state index is 12.6. The van der Waals surface area contributed by atoms with Gasteiger partial charge in [-0.05, 0) is 89.4 Å². The number of halogens is 2. The lowest BCUT2D eigenvalue weighted by Gasteiger charge is -2.12. The van der Waals surface area contributed by atoms with Gasteiger partial charge in [-0.15, -0.1) is 0 Å². The van der Waals surface area contributed by atoms with E-state index in [2.05, 4.69) is 38.2 Å². The first kappa shape index (κ1) is 21.5. The van der Waals surface area contributed by atoms with Crippen LogP contribution in [0.5, 0.6) is 5.75 Å². The number of benzene rings is 3. The Labute approximate surface area is 202 Å². The molecule has 4 rings (SSSR count). The molecule has 2 N–H and O–H groups in total. The molecule has 0 fully saturated rings. The summed E-state index contributed by atoms with van der Waals surface area (Å²) < 4.78 is 12.2. The van der Waals surface area contributed by atoms with Crippen LogP contribution >= 0.6 is 46.4 Å². The average molecular weight is 564 g/mol. The molecule has 0 bridgehead atoms. The monoisotopic (exact) mass is 563 g/mol. The molecule has 6 nitrogen and oxygen atoms in total. The standard InChI is InChI=1S/C22H15ClIN3O3S/c1-29-18-7-5-13(23)10-16(18)20(28)27-22(31)25-15-6-8-19-17(11-15)26-21(30-19)12-3-2-4-14(24)9-12/h2-11H,1H3,(H2,25,27,28,31). The maximum Gasteiger partial charge on any atom is 0.261 e. The zero-order chi connectivity index (χ0) is 22.0. The number of oxazole rings is 1. The molecule has 156 valence electrons. The summed E-state index contributed by atoms with van der Waals surface area (Å²) in [6, 6.07) is 18.1. The van der Waals surface area contributed by atoms with E-state index < -0.39 is 5.91 Å². The zero-order valence-electron chi connectivity index (χ0n) is 16.1. The highest BCUT2D eigenvalue weighted by molar-refractivity contribution is 14.1. The number of nitrogens with one attached hydrogen (secondary N) is 2. The fourth-order valence-electron chi connectivity index (χ4n) is 2.94. The Hall–Kier alpha value is -2.69. The fraction of sp³-hybridized carbons (Fsp3) is 0.0455. The van der Waals surface area contributed by atoms with Gasteiger partial charge in [0.2, 0.25) is 5.89 Å². The second-order valence-corrected chi connectivity index (χ2v) is 8.56. The van der Waals surface area contributed by atoms with Crippen LogP contribution in [0.1, 0.15) is 10.4 Å². The highest BCUT2D eigenvalue weighted by Crippen LogP contribution is 2.27. The number of methoxy groups -OCH3 is 1. The lowest BCUT2D eigenvalue weighted by atomic mass is 10.2. The third-order valence-corrected chi connectivity index (χ3v) is 5.46. The van der Waals surface area contributed by atoms with Crippen LogP contribution in [0, 0.1) is 3.57 Å². The van der Waals surface area contributed by atoms with E-state index in [1.807, 2.05) is 24.3 Å². The Morgan fingerprint density at radius 2 is 2.00 bits per heavy atom. The normalized spacial score (nSPS) is 10.7. The fourth-order valence-corrected chi connectivity index (χ4v) is 3.87. The highest BCUT2D eigenvalue weighted by atomic mass is 127. The molecule has 1 aromatic heterocycles. The van der Waals surface area contributed by atoms with E-state index in [9.17, 15) is 4.79 Å². The van der Waals surface area contributed by atoms with Crippen molar-refractivity contribution in [2.45, 2.75) is 0 Å². The van der Waals surface area contributed by atoms with Gasteiger partial charge >= 0.3 is 0 Å². The van der Waals surface area contributed by atoms with Gasteiger partial charge < -0.3 is 14.5 Å². The number of rotatable bonds is 4. The van der Waals surface area contributed by atoms with Crippen LogP contribution in [0.3, 0.4) is 0 Å². The predicted octanol–water partition coefficient (Wildman–Crippen LogP) is 5.89. The van der Waals surface area contributed by atoms with Crippen molar-refractivity contribution in [3.63, 3.8) is 0 Å². The highest BCUT2D eigenvalue weighted by Gasteiger charge is 2.15. The van der Waals surface area contributed by atoms with E-state index >= 15 is 0 Å². The molecule has 0 unspecified atom stereocenters. The van der Waals surface area contributed by atoms with E-state index in [0.29, 0.717) is 33.4 Å². The molecule has 0 saturated heterocycles. The van der Waals surface area contributed by atoms with Crippen LogP contribution < -0.4 is 15.4 Å². The minimum Gasteiger partial charge on any atom is -0.496 e. The molecule has 0 spiro atoms. The Morgan fingerprint density at radius 3 is 2.77 bits per heavy atom. The Balaban J connectivity index is 1.50. The van der Waals surface area contributed by atoms with Crippen LogP contribution in [0.25, 0.3) is 22.6 Å². The van der Waals surface area contributed by atoms with Crippen molar-refractivity contribution >= 4 is 74.2 Å². The topological polar surface area (TPSA) is 76.4 Å². The van der Waals surface area contributed by atoms with Gasteiger partial charge in [-0.25, -0.2) is 4.98 Å². The number of carbonyl (C=O) groups is 1. The molecule has 1 amide bonds. The quantitative estimate of drug-likeness (QED) is 0.238. The van der Waals surface area contributed by atoms with Gasteiger partial charge in [-0.3, -0.25) is 10.1 Å². The molecule has 1 heterocycles. The Morgan fingerprint density at radius 1 is 1.16 bits per heavy atom. The van der Waals surface area contributed by atoms with Crippen molar-refractivity contribution in [2.75, 3.05) is 12.4 Å². The van der Waals surface area contributed by atoms with E-state index in [-0.39, 0.29) is 10.7 Å². The molecule has 0 aliphatic heterocycles. The molecular formula is C22H15ClIN3O3S. The van der Waals surface area contributed by atoms with Gasteiger partial charge in [0.1, 0.15) is 11.3 Å². The second-order valence-electron chi connectivity index (χ2n) is 6.46. The van der Waals surface area contributed by atoms with Crippen molar-refractivity contribution in [3.05, 3.63) is 74.8 Å². The van der Waals surface area contributed by atoms with Crippen LogP contribution in [-0.4, -0.2) is 23.1 Å². The minimum atomic E-state index is -0.430. The van der Waals surface area contributed by atoms with Gasteiger partial charge in [-0.2, -0.15) is 0 Å². The number of fused-ring (bicyclic) bond motifs is 1. The molecule has 3 aromatic carbocycles. The number of anilines is 1. The van der Waals surface area contributed by atoms with Crippen molar-refractivity contribution in [3.8, 4) is 17.2 Å². The minimum absolute atomic E-state index is 0.132.